The van der Waals surface area contributed by atoms with Crippen LogP contribution in [0.1, 0.15) is 0 Å². The van der Waals surface area contributed by atoms with E-state index >= 15 is 0 Å². The maximum absolute atomic E-state index is 4.92. The van der Waals surface area contributed by atoms with Crippen molar-refractivity contribution in [3.8, 4) is 0 Å². The molecule has 0 aromatic heterocycles. The zero-order valence-corrected chi connectivity index (χ0v) is 8.23. The second-order valence-corrected chi connectivity index (χ2v) is 9.07. The van der Waals surface area contributed by atoms with Crippen molar-refractivity contribution in [1.82, 2.24) is 0 Å². The average molecular weight is 160 g/mol. The minimum absolute atomic E-state index is 0.740. The van der Waals surface area contributed by atoms with Gasteiger partial charge in [-0.15, -0.1) is 0 Å². The van der Waals surface area contributed by atoms with Crippen LogP contribution in [0.4, 0.5) is 0 Å². The molecule has 0 rings (SSSR count). The molecule has 0 radical (unpaired) electrons. The summed E-state index contributed by atoms with van der Waals surface area (Å²) in [6.07, 6.45) is 0. The quantitative estimate of drug-likeness (QED) is 0.265. The highest BCUT2D eigenvalue weighted by Gasteiger charge is 2.12. The molecular formula is C7H16O2Si. The molecule has 0 bridgehead atoms. The molecule has 0 unspecified atom stereocenters. The first-order valence-electron chi connectivity index (χ1n) is 3.46. The molecule has 0 aliphatic rings. The van der Waals surface area contributed by atoms with Crippen molar-refractivity contribution in [2.75, 3.05) is 13.7 Å². The molecule has 0 aromatic rings. The summed E-state index contributed by atoms with van der Waals surface area (Å²) < 4.78 is 9.42. The van der Waals surface area contributed by atoms with Gasteiger partial charge in [-0.3, -0.25) is 0 Å². The largest absolute Gasteiger partial charge is 0.506 e. The Morgan fingerprint density at radius 2 is 2.00 bits per heavy atom. The van der Waals surface area contributed by atoms with Crippen molar-refractivity contribution in [3.05, 3.63) is 0 Å². The third kappa shape index (κ3) is 7.69. The van der Waals surface area contributed by atoms with Gasteiger partial charge >= 0.3 is 0 Å². The van der Waals surface area contributed by atoms with Gasteiger partial charge in [0.2, 0.25) is 0 Å². The molecule has 3 heteroatoms. The third-order valence-corrected chi connectivity index (χ3v) is 2.80. The van der Waals surface area contributed by atoms with E-state index in [1.54, 1.807) is 0 Å². The molecule has 0 fully saturated rings. The van der Waals surface area contributed by atoms with Crippen LogP contribution in [0.15, 0.2) is 0 Å². The smallest absolute Gasteiger partial charge is 0.170 e. The molecule has 0 aliphatic heterocycles. The van der Waals surface area contributed by atoms with E-state index in [-0.39, 0.29) is 0 Å². The summed E-state index contributed by atoms with van der Waals surface area (Å²) >= 11 is 0. The fourth-order valence-corrected chi connectivity index (χ4v) is 1.17. The lowest BCUT2D eigenvalue weighted by atomic mass is 10.9. The molecule has 0 spiro atoms. The van der Waals surface area contributed by atoms with E-state index in [0.29, 0.717) is 0 Å². The first kappa shape index (κ1) is 9.69. The van der Waals surface area contributed by atoms with E-state index in [1.807, 2.05) is 0 Å². The molecule has 0 atom stereocenters. The van der Waals surface area contributed by atoms with E-state index < -0.39 is 8.07 Å². The summed E-state index contributed by atoms with van der Waals surface area (Å²) in [4.78, 5) is 0. The van der Waals surface area contributed by atoms with Crippen LogP contribution < -0.4 is 0 Å². The van der Waals surface area contributed by atoms with Crippen molar-refractivity contribution in [2.24, 2.45) is 0 Å². The number of rotatable bonds is 4. The summed E-state index contributed by atoms with van der Waals surface area (Å²) in [5.74, 6) is 0. The van der Waals surface area contributed by atoms with Crippen LogP contribution in [0.3, 0.4) is 0 Å². The Hall–Kier alpha value is -0.313. The number of carbonyl (C=O) groups excluding carboxylic acids is 1. The molecule has 0 amide bonds. The van der Waals surface area contributed by atoms with Crippen molar-refractivity contribution < 1.29 is 9.16 Å². The first-order chi connectivity index (χ1) is 4.56. The zero-order chi connectivity index (χ0) is 8.04. The maximum Gasteiger partial charge on any atom is 0.170 e. The predicted molar refractivity (Wildman–Crippen MR) is 45.7 cm³/mol. The fourth-order valence-electron chi connectivity index (χ4n) is 0.458. The van der Waals surface area contributed by atoms with Gasteiger partial charge < -0.3 is 9.16 Å². The summed E-state index contributed by atoms with van der Waals surface area (Å²) in [5, 5.41) is 0. The first-order valence-corrected chi connectivity index (χ1v) is 7.17. The second-order valence-electron chi connectivity index (χ2n) is 3.45. The molecule has 0 N–H and O–H groups in total. The van der Waals surface area contributed by atoms with E-state index in [4.69, 9.17) is 4.74 Å². The molecule has 0 saturated heterocycles. The van der Waals surface area contributed by atoms with Crippen LogP contribution in [0, 0.1) is 0 Å². The third-order valence-electron chi connectivity index (χ3n) is 1.10. The Bertz CT molecular complexity index is 105. The minimum atomic E-state index is -0.928. The molecule has 0 aliphatic carbocycles. The topological polar surface area (TPSA) is 20.5 Å². The van der Waals surface area contributed by atoms with Gasteiger partial charge in [0, 0.05) is 0 Å². The molecule has 10 heavy (non-hydrogen) atoms. The van der Waals surface area contributed by atoms with Gasteiger partial charge in [0.1, 0.15) is 13.7 Å². The van der Waals surface area contributed by atoms with Gasteiger partial charge in [-0.05, 0) is 6.04 Å². The van der Waals surface area contributed by atoms with E-state index in [1.165, 1.54) is 7.11 Å². The fraction of sp³-hybridized carbons (Fsp3) is 0.857. The van der Waals surface area contributed by atoms with Gasteiger partial charge in [0.05, 0.1) is 8.07 Å². The maximum atomic E-state index is 4.92. The Balaban J connectivity index is 3.20. The van der Waals surface area contributed by atoms with E-state index in [2.05, 4.69) is 30.5 Å². The average Bonchev–Trinajstić information content (AvgIpc) is 1.78. The minimum Gasteiger partial charge on any atom is -0.506 e. The van der Waals surface area contributed by atoms with Crippen LogP contribution in [-0.4, -0.2) is 28.3 Å². The van der Waals surface area contributed by atoms with Crippen molar-refractivity contribution in [1.29, 1.82) is 0 Å². The SMILES string of the molecule is C[O+]=[C-]OCC[Si](C)(C)C. The summed E-state index contributed by atoms with van der Waals surface area (Å²) in [5.41, 5.74) is 0. The van der Waals surface area contributed by atoms with Gasteiger partial charge in [-0.25, -0.2) is 0 Å². The highest BCUT2D eigenvalue weighted by atomic mass is 28.3. The summed E-state index contributed by atoms with van der Waals surface area (Å²) in [7, 11) is 0.608. The Morgan fingerprint density at radius 3 is 2.40 bits per heavy atom. The van der Waals surface area contributed by atoms with Crippen molar-refractivity contribution >= 4 is 14.5 Å². The van der Waals surface area contributed by atoms with Crippen LogP contribution in [0.2, 0.25) is 25.7 Å². The molecule has 2 nitrogen and oxygen atoms in total. The van der Waals surface area contributed by atoms with Gasteiger partial charge in [-0.1, -0.05) is 19.6 Å². The van der Waals surface area contributed by atoms with Crippen LogP contribution in [0.25, 0.3) is 0 Å². The van der Waals surface area contributed by atoms with Crippen molar-refractivity contribution in [3.63, 3.8) is 0 Å². The van der Waals surface area contributed by atoms with Crippen LogP contribution in [0.5, 0.6) is 0 Å². The molecule has 0 heterocycles. The van der Waals surface area contributed by atoms with E-state index in [9.17, 15) is 0 Å². The lowest BCUT2D eigenvalue weighted by Gasteiger charge is -2.13. The predicted octanol–water partition coefficient (Wildman–Crippen LogP) is 1.57. The van der Waals surface area contributed by atoms with Crippen molar-refractivity contribution in [2.45, 2.75) is 25.7 Å². The number of hydrogen-bond donors (Lipinski definition) is 0. The Morgan fingerprint density at radius 1 is 1.40 bits per heavy atom. The van der Waals surface area contributed by atoms with E-state index in [0.717, 1.165) is 12.7 Å². The van der Waals surface area contributed by atoms with Crippen LogP contribution in [-0.2, 0) is 9.16 Å². The second kappa shape index (κ2) is 4.49. The number of ether oxygens (including phenoxy) is 1. The van der Waals surface area contributed by atoms with Gasteiger partial charge in [0.15, 0.2) is 6.47 Å². The highest BCUT2D eigenvalue weighted by molar-refractivity contribution is 6.76. The monoisotopic (exact) mass is 160 g/mol. The van der Waals surface area contributed by atoms with Gasteiger partial charge in [-0.2, -0.15) is 0 Å². The molecule has 0 aromatic carbocycles. The molecule has 0 saturated carbocycles. The normalized spacial score (nSPS) is 12.4. The molecular weight excluding hydrogens is 144 g/mol. The Labute approximate surface area is 63.9 Å². The molecule has 60 valence electrons. The summed E-state index contributed by atoms with van der Waals surface area (Å²) in [6, 6.07) is 1.16. The lowest BCUT2D eigenvalue weighted by molar-refractivity contribution is 0.131. The standard InChI is InChI=1S/C7H16O2Si/c1-8-7-9-5-6-10(2,3)4/h5-6H2,1-4H3. The number of hydrogen-bond acceptors (Lipinski definition) is 1. The van der Waals surface area contributed by atoms with Crippen LogP contribution >= 0.6 is 0 Å². The lowest BCUT2D eigenvalue weighted by Crippen LogP contribution is -2.21. The highest BCUT2D eigenvalue weighted by Crippen LogP contribution is 2.06. The Kier molecular flexibility index (Phi) is 4.35. The summed E-state index contributed by atoms with van der Waals surface area (Å²) in [6.45, 7) is 10.0. The van der Waals surface area contributed by atoms with Gasteiger partial charge in [0.25, 0.3) is 0 Å². The zero-order valence-electron chi connectivity index (χ0n) is 7.23.